The molecule has 1 aliphatic rings. The van der Waals surface area contributed by atoms with Crippen molar-refractivity contribution in [2.24, 2.45) is 0 Å². The maximum Gasteiger partial charge on any atom is 0.350 e. The number of carbonyl (C=O) groups excluding carboxylic acids is 1. The molecule has 0 saturated heterocycles. The summed E-state index contributed by atoms with van der Waals surface area (Å²) in [6.45, 7) is -0.441. The van der Waals surface area contributed by atoms with E-state index in [9.17, 15) is 18.4 Å². The van der Waals surface area contributed by atoms with Crippen molar-refractivity contribution in [2.75, 3.05) is 17.3 Å². The monoisotopic (exact) mass is 416 g/mol. The number of carbonyl (C=O) groups is 1. The van der Waals surface area contributed by atoms with Crippen LogP contribution in [0.1, 0.15) is 32.1 Å². The molecule has 8 nitrogen and oxygen atoms in total. The van der Waals surface area contributed by atoms with Crippen molar-refractivity contribution in [3.05, 3.63) is 52.7 Å². The molecule has 1 fully saturated rings. The van der Waals surface area contributed by atoms with E-state index in [1.807, 2.05) is 11.9 Å². The zero-order chi connectivity index (χ0) is 21.3. The predicted octanol–water partition coefficient (Wildman–Crippen LogP) is 2.58. The highest BCUT2D eigenvalue weighted by atomic mass is 19.1. The Labute approximate surface area is 171 Å². The van der Waals surface area contributed by atoms with Gasteiger partial charge in [0.1, 0.15) is 18.2 Å². The molecule has 0 unspecified atom stereocenters. The number of anilines is 2. The summed E-state index contributed by atoms with van der Waals surface area (Å²) in [6.07, 6.45) is 8.63. The zero-order valence-corrected chi connectivity index (χ0v) is 16.5. The first-order valence-corrected chi connectivity index (χ1v) is 9.86. The zero-order valence-electron chi connectivity index (χ0n) is 16.5. The van der Waals surface area contributed by atoms with Crippen LogP contribution in [0.3, 0.4) is 0 Å². The summed E-state index contributed by atoms with van der Waals surface area (Å²) in [6, 6.07) is 3.06. The Bertz CT molecular complexity index is 1140. The lowest BCUT2D eigenvalue weighted by molar-refractivity contribution is -0.117. The van der Waals surface area contributed by atoms with Crippen molar-refractivity contribution >= 4 is 23.1 Å². The Balaban J connectivity index is 1.59. The second-order valence-corrected chi connectivity index (χ2v) is 7.46. The van der Waals surface area contributed by atoms with Gasteiger partial charge in [0.15, 0.2) is 5.82 Å². The number of hydrogen-bond acceptors (Lipinski definition) is 5. The third-order valence-electron chi connectivity index (χ3n) is 5.44. The van der Waals surface area contributed by atoms with E-state index in [0.29, 0.717) is 17.5 Å². The smallest absolute Gasteiger partial charge is 0.350 e. The molecule has 1 aliphatic carbocycles. The number of aromatic nitrogens is 4. The van der Waals surface area contributed by atoms with Crippen LogP contribution in [0.5, 0.6) is 0 Å². The van der Waals surface area contributed by atoms with E-state index in [-0.39, 0.29) is 5.69 Å². The van der Waals surface area contributed by atoms with E-state index in [2.05, 4.69) is 15.4 Å². The molecule has 1 aromatic carbocycles. The maximum atomic E-state index is 13.8. The van der Waals surface area contributed by atoms with Gasteiger partial charge in [0.2, 0.25) is 11.6 Å². The second kappa shape index (κ2) is 8.21. The highest BCUT2D eigenvalue weighted by Gasteiger charge is 2.23. The molecule has 2 aromatic heterocycles. The molecule has 1 N–H and O–H groups in total. The minimum Gasteiger partial charge on any atom is -0.354 e. The fourth-order valence-electron chi connectivity index (χ4n) is 3.85. The van der Waals surface area contributed by atoms with Crippen LogP contribution in [0.2, 0.25) is 0 Å². The van der Waals surface area contributed by atoms with Gasteiger partial charge in [-0.3, -0.25) is 4.79 Å². The average Bonchev–Trinajstić information content (AvgIpc) is 3.06. The molecule has 0 radical (unpaired) electrons. The first-order valence-electron chi connectivity index (χ1n) is 9.86. The fraction of sp³-hybridized carbons (Fsp3) is 0.400. The Hall–Kier alpha value is -3.30. The van der Waals surface area contributed by atoms with Crippen LogP contribution in [-0.4, -0.2) is 38.2 Å². The van der Waals surface area contributed by atoms with Crippen LogP contribution < -0.4 is 15.9 Å². The van der Waals surface area contributed by atoms with Crippen LogP contribution in [0.4, 0.5) is 20.3 Å². The summed E-state index contributed by atoms with van der Waals surface area (Å²) in [5, 5.41) is 6.56. The molecule has 0 spiro atoms. The van der Waals surface area contributed by atoms with Gasteiger partial charge in [0, 0.05) is 31.5 Å². The lowest BCUT2D eigenvalue weighted by Crippen LogP contribution is -2.34. The molecule has 0 bridgehead atoms. The third-order valence-corrected chi connectivity index (χ3v) is 5.44. The number of nitrogens with one attached hydrogen (secondary N) is 1. The van der Waals surface area contributed by atoms with Gasteiger partial charge in [-0.05, 0) is 25.0 Å². The quantitative estimate of drug-likeness (QED) is 0.691. The van der Waals surface area contributed by atoms with Gasteiger partial charge in [0.25, 0.3) is 0 Å². The first-order chi connectivity index (χ1) is 14.4. The Kier molecular flexibility index (Phi) is 5.47. The summed E-state index contributed by atoms with van der Waals surface area (Å²) >= 11 is 0. The molecule has 3 aromatic rings. The van der Waals surface area contributed by atoms with Crippen LogP contribution in [0.15, 0.2) is 35.4 Å². The number of fused-ring (bicyclic) bond motifs is 1. The average molecular weight is 416 g/mol. The van der Waals surface area contributed by atoms with Crippen LogP contribution in [0, 0.1) is 11.6 Å². The van der Waals surface area contributed by atoms with Gasteiger partial charge in [-0.1, -0.05) is 19.3 Å². The minimum atomic E-state index is -0.771. The Morgan fingerprint density at radius 2 is 2.03 bits per heavy atom. The van der Waals surface area contributed by atoms with Crippen molar-refractivity contribution in [1.29, 1.82) is 0 Å². The molecular weight excluding hydrogens is 394 g/mol. The van der Waals surface area contributed by atoms with E-state index in [0.717, 1.165) is 48.6 Å². The maximum absolute atomic E-state index is 13.8. The number of halogens is 2. The van der Waals surface area contributed by atoms with E-state index in [4.69, 9.17) is 0 Å². The van der Waals surface area contributed by atoms with Gasteiger partial charge in [0.05, 0.1) is 5.69 Å². The lowest BCUT2D eigenvalue weighted by Gasteiger charge is -2.31. The third kappa shape index (κ3) is 3.89. The number of benzene rings is 1. The summed E-state index contributed by atoms with van der Waals surface area (Å²) in [5.41, 5.74) is -0.461. The molecule has 158 valence electrons. The lowest BCUT2D eigenvalue weighted by atomic mass is 9.94. The summed E-state index contributed by atoms with van der Waals surface area (Å²) in [7, 11) is 1.93. The van der Waals surface area contributed by atoms with Gasteiger partial charge in [-0.15, -0.1) is 5.10 Å². The van der Waals surface area contributed by atoms with Crippen molar-refractivity contribution in [2.45, 2.75) is 44.7 Å². The van der Waals surface area contributed by atoms with Gasteiger partial charge < -0.3 is 10.2 Å². The van der Waals surface area contributed by atoms with Crippen LogP contribution in [0.25, 0.3) is 5.65 Å². The highest BCUT2D eigenvalue weighted by molar-refractivity contribution is 5.90. The van der Waals surface area contributed by atoms with Crippen molar-refractivity contribution in [3.8, 4) is 0 Å². The SMILES string of the molecule is CN(c1nccn2c(=O)n(CC(=O)Nc3cc(F)ccc3F)nc12)C1CCCCC1. The van der Waals surface area contributed by atoms with Crippen molar-refractivity contribution in [1.82, 2.24) is 19.2 Å². The standard InChI is InChI=1S/C20H22F2N6O2/c1-26(14-5-3-2-4-6-14)18-19-25-28(20(30)27(19)10-9-23-18)12-17(29)24-16-11-13(21)7-8-15(16)22/h7-11,14H,2-6,12H2,1H3,(H,24,29). The van der Waals surface area contributed by atoms with Crippen LogP contribution in [-0.2, 0) is 11.3 Å². The van der Waals surface area contributed by atoms with Gasteiger partial charge in [-0.25, -0.2) is 27.6 Å². The molecule has 0 atom stereocenters. The highest BCUT2D eigenvalue weighted by Crippen LogP contribution is 2.26. The Morgan fingerprint density at radius 1 is 1.27 bits per heavy atom. The number of amides is 1. The molecule has 2 heterocycles. The molecular formula is C20H22F2N6O2. The van der Waals surface area contributed by atoms with Gasteiger partial charge >= 0.3 is 5.69 Å². The topological polar surface area (TPSA) is 84.5 Å². The first kappa shape index (κ1) is 20.0. The number of rotatable bonds is 5. The molecule has 1 amide bonds. The number of nitrogens with zero attached hydrogens (tertiary/aromatic N) is 5. The normalized spacial score (nSPS) is 14.8. The largest absolute Gasteiger partial charge is 0.354 e. The van der Waals surface area contributed by atoms with E-state index < -0.39 is 29.8 Å². The summed E-state index contributed by atoms with van der Waals surface area (Å²) in [5.74, 6) is -1.58. The molecule has 1 saturated carbocycles. The van der Waals surface area contributed by atoms with E-state index >= 15 is 0 Å². The van der Waals surface area contributed by atoms with Crippen LogP contribution >= 0.6 is 0 Å². The Morgan fingerprint density at radius 3 is 2.80 bits per heavy atom. The predicted molar refractivity (Wildman–Crippen MR) is 108 cm³/mol. The molecule has 4 rings (SSSR count). The van der Waals surface area contributed by atoms with Gasteiger partial charge in [-0.2, -0.15) is 0 Å². The molecule has 0 aliphatic heterocycles. The molecule has 10 heteroatoms. The molecule has 30 heavy (non-hydrogen) atoms. The van der Waals surface area contributed by atoms with E-state index in [1.165, 1.54) is 23.2 Å². The van der Waals surface area contributed by atoms with E-state index in [1.54, 1.807) is 0 Å². The second-order valence-electron chi connectivity index (χ2n) is 7.46. The number of hydrogen-bond donors (Lipinski definition) is 1. The van der Waals surface area contributed by atoms with Crippen molar-refractivity contribution in [3.63, 3.8) is 0 Å². The van der Waals surface area contributed by atoms with Crippen molar-refractivity contribution < 1.29 is 13.6 Å². The minimum absolute atomic E-state index is 0.295. The summed E-state index contributed by atoms with van der Waals surface area (Å²) in [4.78, 5) is 31.4. The fourth-order valence-corrected chi connectivity index (χ4v) is 3.85. The summed E-state index contributed by atoms with van der Waals surface area (Å²) < 4.78 is 29.4.